The molecule has 1 fully saturated rings. The maximum atomic E-state index is 12.3. The minimum Gasteiger partial charge on any atom is -0.393 e. The monoisotopic (exact) mass is 380 g/mol. The van der Waals surface area contributed by atoms with E-state index < -0.39 is 0 Å². The number of nitrogens with zero attached hydrogens (tertiary/aromatic N) is 2. The Morgan fingerprint density at radius 1 is 1.41 bits per heavy atom. The lowest BCUT2D eigenvalue weighted by Crippen LogP contribution is -2.40. The minimum absolute atomic E-state index is 0.0954. The molecule has 0 bridgehead atoms. The molecule has 0 atom stereocenters. The van der Waals surface area contributed by atoms with Gasteiger partial charge in [0.2, 0.25) is 5.91 Å². The lowest BCUT2D eigenvalue weighted by molar-refractivity contribution is -0.132. The van der Waals surface area contributed by atoms with Gasteiger partial charge in [-0.2, -0.15) is 0 Å². The highest BCUT2D eigenvalue weighted by Crippen LogP contribution is 2.26. The first-order valence-corrected chi connectivity index (χ1v) is 8.95. The second-order valence-corrected chi connectivity index (χ2v) is 7.22. The van der Waals surface area contributed by atoms with Gasteiger partial charge in [0.15, 0.2) is 0 Å². The first-order chi connectivity index (χ1) is 10.6. The maximum absolute atomic E-state index is 12.3. The smallest absolute Gasteiger partial charge is 0.228 e. The van der Waals surface area contributed by atoms with Gasteiger partial charge in [-0.25, -0.2) is 4.98 Å². The van der Waals surface area contributed by atoms with Crippen LogP contribution in [0.1, 0.15) is 18.5 Å². The van der Waals surface area contributed by atoms with Gasteiger partial charge in [-0.1, -0.05) is 28.1 Å². The van der Waals surface area contributed by atoms with Crippen LogP contribution >= 0.6 is 27.3 Å². The topological polar surface area (TPSA) is 53.4 Å². The van der Waals surface area contributed by atoms with Crippen LogP contribution in [0.2, 0.25) is 0 Å². The van der Waals surface area contributed by atoms with Crippen molar-refractivity contribution in [1.82, 2.24) is 9.88 Å². The van der Waals surface area contributed by atoms with Gasteiger partial charge >= 0.3 is 0 Å². The number of aliphatic hydroxyl groups excluding tert-OH is 1. The number of aromatic nitrogens is 1. The third kappa shape index (κ3) is 3.74. The van der Waals surface area contributed by atoms with Gasteiger partial charge in [0.1, 0.15) is 5.01 Å². The van der Waals surface area contributed by atoms with Crippen molar-refractivity contribution >= 4 is 33.2 Å². The van der Waals surface area contributed by atoms with Crippen LogP contribution in [0, 0.1) is 0 Å². The van der Waals surface area contributed by atoms with Crippen molar-refractivity contribution in [3.05, 3.63) is 39.8 Å². The van der Waals surface area contributed by atoms with Crippen LogP contribution in [0.5, 0.6) is 0 Å². The number of piperidine rings is 1. The molecule has 1 amide bonds. The van der Waals surface area contributed by atoms with Gasteiger partial charge in [-0.15, -0.1) is 11.3 Å². The summed E-state index contributed by atoms with van der Waals surface area (Å²) in [7, 11) is 0. The number of hydrogen-bond donors (Lipinski definition) is 1. The predicted octanol–water partition coefficient (Wildman–Crippen LogP) is 3.10. The Balaban J connectivity index is 1.65. The molecule has 2 aromatic rings. The zero-order valence-electron chi connectivity index (χ0n) is 12.0. The van der Waals surface area contributed by atoms with E-state index in [0.717, 1.165) is 20.7 Å². The molecule has 0 saturated carbocycles. The minimum atomic E-state index is -0.258. The molecule has 1 aliphatic rings. The molecule has 116 valence electrons. The number of thiazole rings is 1. The molecule has 0 aliphatic carbocycles. The van der Waals surface area contributed by atoms with Crippen LogP contribution in [0.3, 0.4) is 0 Å². The van der Waals surface area contributed by atoms with Gasteiger partial charge in [0, 0.05) is 28.5 Å². The molecular formula is C16H17BrN2O2S. The van der Waals surface area contributed by atoms with E-state index in [1.54, 1.807) is 11.3 Å². The van der Waals surface area contributed by atoms with Crippen molar-refractivity contribution in [2.45, 2.75) is 25.4 Å². The third-order valence-corrected chi connectivity index (χ3v) is 5.21. The fourth-order valence-electron chi connectivity index (χ4n) is 2.52. The van der Waals surface area contributed by atoms with Crippen molar-refractivity contribution < 1.29 is 9.90 Å². The zero-order chi connectivity index (χ0) is 15.5. The summed E-state index contributed by atoms with van der Waals surface area (Å²) in [5.41, 5.74) is 1.87. The average Bonchev–Trinajstić information content (AvgIpc) is 2.96. The summed E-state index contributed by atoms with van der Waals surface area (Å²) in [5.74, 6) is 0.0954. The molecule has 1 aromatic carbocycles. The van der Waals surface area contributed by atoms with Gasteiger partial charge in [-0.3, -0.25) is 4.79 Å². The highest BCUT2D eigenvalue weighted by atomic mass is 79.9. The fraction of sp³-hybridized carbons (Fsp3) is 0.375. The average molecular weight is 381 g/mol. The van der Waals surface area contributed by atoms with Gasteiger partial charge in [0.25, 0.3) is 0 Å². The van der Waals surface area contributed by atoms with E-state index >= 15 is 0 Å². The summed E-state index contributed by atoms with van der Waals surface area (Å²) >= 11 is 5.02. The molecule has 2 heterocycles. The first kappa shape index (κ1) is 15.6. The number of amides is 1. The second-order valence-electron chi connectivity index (χ2n) is 5.44. The molecule has 4 nitrogen and oxygen atoms in total. The van der Waals surface area contributed by atoms with Crippen LogP contribution in [0.25, 0.3) is 10.6 Å². The highest BCUT2D eigenvalue weighted by molar-refractivity contribution is 9.10. The summed E-state index contributed by atoms with van der Waals surface area (Å²) in [4.78, 5) is 18.7. The lowest BCUT2D eigenvalue weighted by atomic mass is 10.1. The zero-order valence-corrected chi connectivity index (χ0v) is 14.4. The van der Waals surface area contributed by atoms with Crippen molar-refractivity contribution in [3.63, 3.8) is 0 Å². The highest BCUT2D eigenvalue weighted by Gasteiger charge is 2.22. The largest absolute Gasteiger partial charge is 0.393 e. The quantitative estimate of drug-likeness (QED) is 0.889. The van der Waals surface area contributed by atoms with Crippen molar-refractivity contribution in [1.29, 1.82) is 0 Å². The van der Waals surface area contributed by atoms with Crippen LogP contribution < -0.4 is 0 Å². The van der Waals surface area contributed by atoms with E-state index in [9.17, 15) is 9.90 Å². The number of benzene rings is 1. The van der Waals surface area contributed by atoms with E-state index in [0.29, 0.717) is 32.4 Å². The summed E-state index contributed by atoms with van der Waals surface area (Å²) in [6.45, 7) is 1.28. The number of aliphatic hydroxyl groups is 1. The molecule has 6 heteroatoms. The normalized spacial score (nSPS) is 16.0. The third-order valence-electron chi connectivity index (χ3n) is 3.77. The number of likely N-dealkylation sites (tertiary alicyclic amines) is 1. The number of carbonyl (C=O) groups is 1. The standard InChI is InChI=1S/C16H17BrN2O2S/c17-12-3-1-2-11(8-12)16-18-13(10-22-16)9-15(21)19-6-4-14(20)5-7-19/h1-3,8,10,14,20H,4-7,9H2. The first-order valence-electron chi connectivity index (χ1n) is 7.28. The van der Waals surface area contributed by atoms with Gasteiger partial charge < -0.3 is 10.0 Å². The molecule has 0 radical (unpaired) electrons. The van der Waals surface area contributed by atoms with Gasteiger partial charge in [0.05, 0.1) is 18.2 Å². The van der Waals surface area contributed by atoms with E-state index in [4.69, 9.17) is 0 Å². The maximum Gasteiger partial charge on any atom is 0.228 e. The van der Waals surface area contributed by atoms with Crippen molar-refractivity contribution in [3.8, 4) is 10.6 Å². The Labute approximate surface area is 141 Å². The molecule has 0 spiro atoms. The molecule has 3 rings (SSSR count). The Hall–Kier alpha value is -1.24. The van der Waals surface area contributed by atoms with E-state index in [-0.39, 0.29) is 12.0 Å². The molecule has 0 unspecified atom stereocenters. The Kier molecular flexibility index (Phi) is 4.90. The molecule has 22 heavy (non-hydrogen) atoms. The van der Waals surface area contributed by atoms with Gasteiger partial charge in [-0.05, 0) is 25.0 Å². The van der Waals surface area contributed by atoms with E-state index in [2.05, 4.69) is 20.9 Å². The Morgan fingerprint density at radius 2 is 2.18 bits per heavy atom. The number of rotatable bonds is 3. The number of carbonyl (C=O) groups excluding carboxylic acids is 1. The predicted molar refractivity (Wildman–Crippen MR) is 90.8 cm³/mol. The summed E-state index contributed by atoms with van der Waals surface area (Å²) in [6.07, 6.45) is 1.42. The summed E-state index contributed by atoms with van der Waals surface area (Å²) in [6, 6.07) is 7.99. The van der Waals surface area contributed by atoms with E-state index in [1.807, 2.05) is 34.5 Å². The molecule has 1 aromatic heterocycles. The summed E-state index contributed by atoms with van der Waals surface area (Å²) in [5, 5.41) is 12.4. The second kappa shape index (κ2) is 6.89. The summed E-state index contributed by atoms with van der Waals surface area (Å²) < 4.78 is 1.02. The van der Waals surface area contributed by atoms with E-state index in [1.165, 1.54) is 0 Å². The molecule has 1 saturated heterocycles. The van der Waals surface area contributed by atoms with Crippen molar-refractivity contribution in [2.24, 2.45) is 0 Å². The van der Waals surface area contributed by atoms with Crippen LogP contribution in [-0.2, 0) is 11.2 Å². The lowest BCUT2D eigenvalue weighted by Gasteiger charge is -2.29. The number of halogens is 1. The van der Waals surface area contributed by atoms with Crippen LogP contribution in [0.15, 0.2) is 34.1 Å². The molecule has 1 aliphatic heterocycles. The number of hydrogen-bond acceptors (Lipinski definition) is 4. The molecular weight excluding hydrogens is 364 g/mol. The van der Waals surface area contributed by atoms with Crippen molar-refractivity contribution in [2.75, 3.05) is 13.1 Å². The Morgan fingerprint density at radius 3 is 2.91 bits per heavy atom. The van der Waals surface area contributed by atoms with Crippen LogP contribution in [0.4, 0.5) is 0 Å². The SMILES string of the molecule is O=C(Cc1csc(-c2cccc(Br)c2)n1)N1CCC(O)CC1. The molecule has 1 N–H and O–H groups in total. The fourth-order valence-corrected chi connectivity index (χ4v) is 3.74. The van der Waals surface area contributed by atoms with Crippen LogP contribution in [-0.4, -0.2) is 40.1 Å². The Bertz CT molecular complexity index is 666.